The third-order valence-corrected chi connectivity index (χ3v) is 3.49. The third kappa shape index (κ3) is 20.8. The van der Waals surface area contributed by atoms with Gasteiger partial charge in [0, 0.05) is 45.1 Å². The first kappa shape index (κ1) is 26.1. The van der Waals surface area contributed by atoms with E-state index in [0.717, 1.165) is 38.9 Å². The standard InChI is InChI=1S/C17H36N4O2.C2H6/c1-5-8-16(22)19-11-13-21(4)14-12-20-17(23)9-6-7-10-18-15(2)3;1-2/h15,18H,5-14H2,1-4H3,(H,19,22)(H,20,23);1-2H3. The SMILES string of the molecule is CC.CCCC(=O)NCCN(C)CCNC(=O)CCCCNC(C)C. The van der Waals surface area contributed by atoms with E-state index in [0.29, 0.717) is 32.0 Å². The minimum atomic E-state index is 0.112. The summed E-state index contributed by atoms with van der Waals surface area (Å²) < 4.78 is 0. The fraction of sp³-hybridized carbons (Fsp3) is 0.895. The van der Waals surface area contributed by atoms with Crippen molar-refractivity contribution in [1.82, 2.24) is 20.9 Å². The molecule has 6 heteroatoms. The van der Waals surface area contributed by atoms with Gasteiger partial charge in [-0.15, -0.1) is 0 Å². The van der Waals surface area contributed by atoms with E-state index in [9.17, 15) is 9.59 Å². The molecule has 0 aromatic carbocycles. The Morgan fingerprint density at radius 2 is 1.40 bits per heavy atom. The van der Waals surface area contributed by atoms with Crippen molar-refractivity contribution in [3.63, 3.8) is 0 Å². The molecule has 0 aromatic heterocycles. The van der Waals surface area contributed by atoms with E-state index in [2.05, 4.69) is 34.7 Å². The van der Waals surface area contributed by atoms with E-state index >= 15 is 0 Å². The van der Waals surface area contributed by atoms with Crippen LogP contribution in [0.15, 0.2) is 0 Å². The fourth-order valence-corrected chi connectivity index (χ4v) is 2.09. The summed E-state index contributed by atoms with van der Waals surface area (Å²) in [6.07, 6.45) is 4.01. The Kier molecular flexibility index (Phi) is 20.0. The number of rotatable bonds is 14. The van der Waals surface area contributed by atoms with Gasteiger partial charge in [-0.3, -0.25) is 9.59 Å². The van der Waals surface area contributed by atoms with Crippen LogP contribution in [0.4, 0.5) is 0 Å². The molecule has 0 radical (unpaired) electrons. The van der Waals surface area contributed by atoms with Crippen LogP contribution in [-0.2, 0) is 9.59 Å². The molecule has 3 N–H and O–H groups in total. The second-order valence-corrected chi connectivity index (χ2v) is 6.32. The van der Waals surface area contributed by atoms with Gasteiger partial charge < -0.3 is 20.9 Å². The van der Waals surface area contributed by atoms with E-state index in [4.69, 9.17) is 0 Å². The number of carbonyl (C=O) groups is 2. The van der Waals surface area contributed by atoms with Crippen molar-refractivity contribution in [2.45, 2.75) is 72.8 Å². The van der Waals surface area contributed by atoms with Gasteiger partial charge in [-0.05, 0) is 32.9 Å². The lowest BCUT2D eigenvalue weighted by atomic mass is 10.2. The Morgan fingerprint density at radius 1 is 0.880 bits per heavy atom. The van der Waals surface area contributed by atoms with E-state index in [1.54, 1.807) is 0 Å². The molecule has 0 aliphatic heterocycles. The van der Waals surface area contributed by atoms with E-state index in [1.807, 2.05) is 27.8 Å². The highest BCUT2D eigenvalue weighted by molar-refractivity contribution is 5.76. The first-order valence-electron chi connectivity index (χ1n) is 9.91. The summed E-state index contributed by atoms with van der Waals surface area (Å²) in [4.78, 5) is 25.1. The predicted octanol–water partition coefficient (Wildman–Crippen LogP) is 2.15. The summed E-state index contributed by atoms with van der Waals surface area (Å²) in [6.45, 7) is 14.1. The van der Waals surface area contributed by atoms with Crippen LogP contribution in [0, 0.1) is 0 Å². The molecule has 0 spiro atoms. The zero-order valence-electron chi connectivity index (χ0n) is 17.4. The zero-order chi connectivity index (χ0) is 19.5. The van der Waals surface area contributed by atoms with Gasteiger partial charge >= 0.3 is 0 Å². The fourth-order valence-electron chi connectivity index (χ4n) is 2.09. The monoisotopic (exact) mass is 358 g/mol. The van der Waals surface area contributed by atoms with E-state index in [1.165, 1.54) is 0 Å². The molecule has 0 heterocycles. The first-order valence-corrected chi connectivity index (χ1v) is 9.91. The summed E-state index contributed by atoms with van der Waals surface area (Å²) in [7, 11) is 2.00. The lowest BCUT2D eigenvalue weighted by Crippen LogP contribution is -2.37. The molecule has 6 nitrogen and oxygen atoms in total. The molecule has 25 heavy (non-hydrogen) atoms. The van der Waals surface area contributed by atoms with Crippen LogP contribution >= 0.6 is 0 Å². The summed E-state index contributed by atoms with van der Waals surface area (Å²) in [6, 6.07) is 0.506. The average molecular weight is 359 g/mol. The molecule has 0 saturated carbocycles. The van der Waals surface area contributed by atoms with Crippen molar-refractivity contribution < 1.29 is 9.59 Å². The minimum absolute atomic E-state index is 0.112. The molecular formula is C19H42N4O2. The van der Waals surface area contributed by atoms with Crippen molar-refractivity contribution in [2.24, 2.45) is 0 Å². The largest absolute Gasteiger partial charge is 0.355 e. The van der Waals surface area contributed by atoms with Crippen molar-refractivity contribution in [2.75, 3.05) is 39.8 Å². The van der Waals surface area contributed by atoms with Gasteiger partial charge in [0.05, 0.1) is 0 Å². The Labute approximate surface area is 155 Å². The molecule has 0 unspecified atom stereocenters. The van der Waals surface area contributed by atoms with Gasteiger partial charge in [-0.1, -0.05) is 34.6 Å². The quantitative estimate of drug-likeness (QED) is 0.416. The minimum Gasteiger partial charge on any atom is -0.355 e. The van der Waals surface area contributed by atoms with Crippen LogP contribution in [0.1, 0.15) is 66.7 Å². The summed E-state index contributed by atoms with van der Waals surface area (Å²) in [5, 5.41) is 9.18. The number of likely N-dealkylation sites (N-methyl/N-ethyl adjacent to an activating group) is 1. The third-order valence-electron chi connectivity index (χ3n) is 3.49. The predicted molar refractivity (Wildman–Crippen MR) is 107 cm³/mol. The Balaban J connectivity index is 0. The Hall–Kier alpha value is -1.14. The Morgan fingerprint density at radius 3 is 1.88 bits per heavy atom. The molecule has 150 valence electrons. The molecule has 0 fully saturated rings. The smallest absolute Gasteiger partial charge is 0.220 e. The highest BCUT2D eigenvalue weighted by atomic mass is 16.2. The van der Waals surface area contributed by atoms with Crippen molar-refractivity contribution in [3.8, 4) is 0 Å². The topological polar surface area (TPSA) is 73.5 Å². The van der Waals surface area contributed by atoms with Gasteiger partial charge in [0.1, 0.15) is 0 Å². The van der Waals surface area contributed by atoms with E-state index < -0.39 is 0 Å². The van der Waals surface area contributed by atoms with Crippen molar-refractivity contribution >= 4 is 11.8 Å². The number of hydrogen-bond donors (Lipinski definition) is 3. The molecular weight excluding hydrogens is 316 g/mol. The number of unbranched alkanes of at least 4 members (excludes halogenated alkanes) is 1. The van der Waals surface area contributed by atoms with Crippen molar-refractivity contribution in [3.05, 3.63) is 0 Å². The number of nitrogens with one attached hydrogen (secondary N) is 3. The van der Waals surface area contributed by atoms with Crippen LogP contribution in [0.5, 0.6) is 0 Å². The van der Waals surface area contributed by atoms with Gasteiger partial charge in [0.15, 0.2) is 0 Å². The molecule has 0 rings (SSSR count). The van der Waals surface area contributed by atoms with Crippen LogP contribution in [0.3, 0.4) is 0 Å². The molecule has 0 saturated heterocycles. The van der Waals surface area contributed by atoms with Crippen LogP contribution in [0.25, 0.3) is 0 Å². The van der Waals surface area contributed by atoms with Gasteiger partial charge in [-0.2, -0.15) is 0 Å². The molecule has 0 aliphatic carbocycles. The first-order chi connectivity index (χ1) is 12.0. The molecule has 0 aromatic rings. The number of hydrogen-bond acceptors (Lipinski definition) is 4. The second-order valence-electron chi connectivity index (χ2n) is 6.32. The second kappa shape index (κ2) is 19.2. The van der Waals surface area contributed by atoms with Crippen molar-refractivity contribution in [1.29, 1.82) is 0 Å². The maximum atomic E-state index is 11.7. The lowest BCUT2D eigenvalue weighted by molar-refractivity contribution is -0.121. The maximum absolute atomic E-state index is 11.7. The number of carbonyl (C=O) groups excluding carboxylic acids is 2. The highest BCUT2D eigenvalue weighted by Crippen LogP contribution is 1.94. The molecule has 0 atom stereocenters. The number of nitrogens with zero attached hydrogens (tertiary/aromatic N) is 1. The molecule has 2 amide bonds. The Bertz CT molecular complexity index is 323. The summed E-state index contributed by atoms with van der Waals surface area (Å²) in [5.41, 5.74) is 0. The van der Waals surface area contributed by atoms with E-state index in [-0.39, 0.29) is 11.8 Å². The highest BCUT2D eigenvalue weighted by Gasteiger charge is 2.04. The molecule has 0 aliphatic rings. The molecule has 0 bridgehead atoms. The summed E-state index contributed by atoms with van der Waals surface area (Å²) in [5.74, 6) is 0.236. The lowest BCUT2D eigenvalue weighted by Gasteiger charge is -2.17. The normalized spacial score (nSPS) is 10.4. The average Bonchev–Trinajstić information content (AvgIpc) is 2.56. The summed E-state index contributed by atoms with van der Waals surface area (Å²) >= 11 is 0. The van der Waals surface area contributed by atoms with Gasteiger partial charge in [0.2, 0.25) is 11.8 Å². The number of amides is 2. The van der Waals surface area contributed by atoms with Crippen LogP contribution in [0.2, 0.25) is 0 Å². The maximum Gasteiger partial charge on any atom is 0.220 e. The van der Waals surface area contributed by atoms with Crippen LogP contribution < -0.4 is 16.0 Å². The van der Waals surface area contributed by atoms with Crippen LogP contribution in [-0.4, -0.2) is 62.5 Å². The zero-order valence-corrected chi connectivity index (χ0v) is 17.4. The van der Waals surface area contributed by atoms with Gasteiger partial charge in [0.25, 0.3) is 0 Å². The van der Waals surface area contributed by atoms with Gasteiger partial charge in [-0.25, -0.2) is 0 Å².